The summed E-state index contributed by atoms with van der Waals surface area (Å²) in [6.45, 7) is 3.70. The Hall–Kier alpha value is -1.99. The van der Waals surface area contributed by atoms with Crippen LogP contribution in [0.2, 0.25) is 0 Å². The van der Waals surface area contributed by atoms with E-state index >= 15 is 0 Å². The molecule has 0 spiro atoms. The van der Waals surface area contributed by atoms with Crippen LogP contribution in [0.5, 0.6) is 0 Å². The number of hydrogen-bond acceptors (Lipinski definition) is 4. The van der Waals surface area contributed by atoms with Gasteiger partial charge in [-0.15, -0.1) is 0 Å². The topological polar surface area (TPSA) is 86.2 Å². The van der Waals surface area contributed by atoms with E-state index in [0.29, 0.717) is 11.8 Å². The third kappa shape index (κ3) is 5.58. The van der Waals surface area contributed by atoms with Crippen LogP contribution in [-0.4, -0.2) is 11.2 Å². The van der Waals surface area contributed by atoms with Gasteiger partial charge in [0.1, 0.15) is 0 Å². The Kier molecular flexibility index (Phi) is 7.81. The first-order valence-electron chi connectivity index (χ1n) is 6.85. The lowest BCUT2D eigenvalue weighted by atomic mass is 10.1. The van der Waals surface area contributed by atoms with Crippen molar-refractivity contribution >= 4 is 55.6 Å². The quantitative estimate of drug-likeness (QED) is 0.291. The highest BCUT2D eigenvalue weighted by molar-refractivity contribution is 9.28. The Labute approximate surface area is 157 Å². The molecule has 2 aromatic rings. The summed E-state index contributed by atoms with van der Waals surface area (Å²) in [4.78, 5) is 20.3. The lowest BCUT2D eigenvalue weighted by Gasteiger charge is -2.03. The van der Waals surface area contributed by atoms with E-state index in [2.05, 4.69) is 31.9 Å². The van der Waals surface area contributed by atoms with Gasteiger partial charge < -0.3 is 5.73 Å². The van der Waals surface area contributed by atoms with Crippen LogP contribution < -0.4 is 5.73 Å². The van der Waals surface area contributed by atoms with E-state index in [4.69, 9.17) is 5.73 Å². The third-order valence-corrected chi connectivity index (χ3v) is 3.68. The van der Waals surface area contributed by atoms with Crippen molar-refractivity contribution in [3.63, 3.8) is 0 Å². The lowest BCUT2D eigenvalue weighted by molar-refractivity contribution is -0.385. The Morgan fingerprint density at radius 2 is 1.62 bits per heavy atom. The number of nitrogens with two attached hydrogens (primary N) is 1. The average Bonchev–Trinajstić information content (AvgIpc) is 2.51. The van der Waals surface area contributed by atoms with Crippen LogP contribution in [0.1, 0.15) is 27.0 Å². The van der Waals surface area contributed by atoms with Crippen LogP contribution >= 0.6 is 31.9 Å². The van der Waals surface area contributed by atoms with E-state index in [1.807, 2.05) is 31.2 Å². The highest BCUT2D eigenvalue weighted by Gasteiger charge is 2.13. The molecule has 0 saturated heterocycles. The Morgan fingerprint density at radius 3 is 2.04 bits per heavy atom. The zero-order valence-electron chi connectivity index (χ0n) is 13.1. The Balaban J connectivity index is 0.000000240. The number of rotatable bonds is 3. The van der Waals surface area contributed by atoms with Gasteiger partial charge in [0.25, 0.3) is 5.69 Å². The highest BCUT2D eigenvalue weighted by Crippen LogP contribution is 2.24. The molecule has 5 nitrogen and oxygen atoms in total. The standard InChI is InChI=1S/C9H9Br2N.C8H7NO3/c1-6-3-2-4-8(12)7(6)5-9(10)11;1-6-3-2-4-8(9(11)12)7(6)5-10/h2-5H,12H2,1H3;2-5H,1H3. The van der Waals surface area contributed by atoms with Gasteiger partial charge in [-0.3, -0.25) is 14.9 Å². The number of nitrogens with zero attached hydrogens (tertiary/aromatic N) is 1. The molecular weight excluding hydrogens is 440 g/mol. The second kappa shape index (κ2) is 9.34. The van der Waals surface area contributed by atoms with Crippen LogP contribution in [0.15, 0.2) is 39.8 Å². The molecular formula is C17H16Br2N2O3. The fourth-order valence-corrected chi connectivity index (χ4v) is 2.45. The molecule has 2 rings (SSSR count). The molecule has 126 valence electrons. The van der Waals surface area contributed by atoms with Gasteiger partial charge in [0.05, 0.1) is 13.9 Å². The summed E-state index contributed by atoms with van der Waals surface area (Å²) in [6, 6.07) is 10.4. The van der Waals surface area contributed by atoms with Crippen molar-refractivity contribution in [2.45, 2.75) is 13.8 Å². The number of hydrogen-bond donors (Lipinski definition) is 1. The van der Waals surface area contributed by atoms with E-state index in [1.165, 1.54) is 11.6 Å². The molecule has 0 aliphatic heterocycles. The maximum Gasteiger partial charge on any atom is 0.280 e. The zero-order chi connectivity index (χ0) is 18.3. The molecule has 0 heterocycles. The Bertz CT molecular complexity index is 765. The molecule has 0 unspecified atom stereocenters. The fraction of sp³-hybridized carbons (Fsp3) is 0.118. The van der Waals surface area contributed by atoms with E-state index < -0.39 is 4.92 Å². The van der Waals surface area contributed by atoms with Gasteiger partial charge >= 0.3 is 0 Å². The molecule has 2 N–H and O–H groups in total. The fourth-order valence-electron chi connectivity index (χ4n) is 1.99. The molecule has 24 heavy (non-hydrogen) atoms. The van der Waals surface area contributed by atoms with E-state index in [9.17, 15) is 14.9 Å². The van der Waals surface area contributed by atoms with Crippen LogP contribution in [-0.2, 0) is 0 Å². The minimum absolute atomic E-state index is 0.134. The number of carbonyl (C=O) groups is 1. The predicted molar refractivity (Wildman–Crippen MR) is 105 cm³/mol. The van der Waals surface area contributed by atoms with Crippen molar-refractivity contribution in [3.05, 3.63) is 72.2 Å². The number of halogens is 2. The zero-order valence-corrected chi connectivity index (χ0v) is 16.3. The average molecular weight is 456 g/mol. The maximum atomic E-state index is 10.4. The summed E-state index contributed by atoms with van der Waals surface area (Å²) in [6.07, 6.45) is 2.46. The lowest BCUT2D eigenvalue weighted by Crippen LogP contribution is -1.96. The summed E-state index contributed by atoms with van der Waals surface area (Å²) in [5, 5.41) is 10.4. The molecule has 7 heteroatoms. The molecule has 0 aromatic heterocycles. The second-order valence-electron chi connectivity index (χ2n) is 4.89. The van der Waals surface area contributed by atoms with Crippen LogP contribution in [0.4, 0.5) is 11.4 Å². The van der Waals surface area contributed by atoms with E-state index in [1.54, 1.807) is 19.1 Å². The van der Waals surface area contributed by atoms with Gasteiger partial charge in [-0.2, -0.15) is 0 Å². The van der Waals surface area contributed by atoms with Crippen molar-refractivity contribution in [3.8, 4) is 0 Å². The van der Waals surface area contributed by atoms with Gasteiger partial charge in [-0.05, 0) is 69.0 Å². The van der Waals surface area contributed by atoms with Gasteiger partial charge in [0, 0.05) is 17.3 Å². The molecule has 0 aliphatic rings. The molecule has 0 fully saturated rings. The number of anilines is 1. The molecule has 0 bridgehead atoms. The molecule has 0 radical (unpaired) electrons. The number of nitro groups is 1. The number of nitro benzene ring substituents is 1. The SMILES string of the molecule is Cc1cccc(N)c1C=C(Br)Br.Cc1cccc([N+](=O)[O-])c1C=O. The van der Waals surface area contributed by atoms with Crippen LogP contribution in [0, 0.1) is 24.0 Å². The van der Waals surface area contributed by atoms with Crippen molar-refractivity contribution in [2.24, 2.45) is 0 Å². The highest BCUT2D eigenvalue weighted by atomic mass is 79.9. The minimum atomic E-state index is -0.559. The van der Waals surface area contributed by atoms with Gasteiger partial charge in [0.15, 0.2) is 6.29 Å². The number of nitrogen functional groups attached to an aromatic ring is 1. The summed E-state index contributed by atoms with van der Waals surface area (Å²) in [7, 11) is 0. The number of benzene rings is 2. The predicted octanol–water partition coefficient (Wildman–Crippen LogP) is 5.38. The maximum absolute atomic E-state index is 10.4. The molecule has 0 aliphatic carbocycles. The molecule has 0 amide bonds. The summed E-state index contributed by atoms with van der Waals surface area (Å²) < 4.78 is 0.899. The monoisotopic (exact) mass is 454 g/mol. The normalized spacial score (nSPS) is 9.50. The van der Waals surface area contributed by atoms with Gasteiger partial charge in [-0.25, -0.2) is 0 Å². The van der Waals surface area contributed by atoms with E-state index in [0.717, 1.165) is 14.6 Å². The summed E-state index contributed by atoms with van der Waals surface area (Å²) >= 11 is 6.60. The van der Waals surface area contributed by atoms with Gasteiger partial charge in [0.2, 0.25) is 0 Å². The number of aryl methyl sites for hydroxylation is 2. The first-order chi connectivity index (χ1) is 11.3. The van der Waals surface area contributed by atoms with Crippen LogP contribution in [0.25, 0.3) is 6.08 Å². The number of carbonyl (C=O) groups excluding carboxylic acids is 1. The summed E-state index contributed by atoms with van der Waals surface area (Å²) in [5.41, 5.74) is 9.46. The third-order valence-electron chi connectivity index (χ3n) is 3.23. The van der Waals surface area contributed by atoms with Gasteiger partial charge in [-0.1, -0.05) is 24.3 Å². The van der Waals surface area contributed by atoms with Crippen molar-refractivity contribution in [2.75, 3.05) is 5.73 Å². The molecule has 2 aromatic carbocycles. The van der Waals surface area contributed by atoms with Crippen molar-refractivity contribution < 1.29 is 9.72 Å². The van der Waals surface area contributed by atoms with Crippen molar-refractivity contribution in [1.29, 1.82) is 0 Å². The largest absolute Gasteiger partial charge is 0.398 e. The smallest absolute Gasteiger partial charge is 0.280 e. The van der Waals surface area contributed by atoms with E-state index in [-0.39, 0.29) is 11.3 Å². The van der Waals surface area contributed by atoms with Crippen LogP contribution in [0.3, 0.4) is 0 Å². The first kappa shape index (κ1) is 20.1. The number of aldehydes is 1. The Morgan fingerprint density at radius 1 is 1.08 bits per heavy atom. The summed E-state index contributed by atoms with van der Waals surface area (Å²) in [5.74, 6) is 0. The minimum Gasteiger partial charge on any atom is -0.398 e. The first-order valence-corrected chi connectivity index (χ1v) is 8.43. The second-order valence-corrected chi connectivity index (χ2v) is 7.67. The van der Waals surface area contributed by atoms with Crippen molar-refractivity contribution in [1.82, 2.24) is 0 Å². The molecule has 0 atom stereocenters. The molecule has 0 saturated carbocycles.